The summed E-state index contributed by atoms with van der Waals surface area (Å²) in [5, 5.41) is 0. The molecule has 1 fully saturated rings. The molecule has 0 amide bonds. The number of sulfone groups is 1. The second-order valence-corrected chi connectivity index (χ2v) is 7.89. The molecule has 1 aromatic carbocycles. The average molecular weight is 333 g/mol. The molecule has 3 rings (SSSR count). The quantitative estimate of drug-likeness (QED) is 0.780. The van der Waals surface area contributed by atoms with Crippen LogP contribution >= 0.6 is 15.9 Å². The number of benzene rings is 1. The van der Waals surface area contributed by atoms with Crippen LogP contribution in [0.4, 0.5) is 0 Å². The van der Waals surface area contributed by atoms with Gasteiger partial charge in [0, 0.05) is 4.83 Å². The van der Waals surface area contributed by atoms with Crippen LogP contribution in [0.3, 0.4) is 0 Å². The van der Waals surface area contributed by atoms with E-state index in [1.54, 1.807) is 0 Å². The van der Waals surface area contributed by atoms with Crippen molar-refractivity contribution < 1.29 is 17.9 Å². The van der Waals surface area contributed by atoms with Crippen molar-refractivity contribution in [1.82, 2.24) is 0 Å². The van der Waals surface area contributed by atoms with Crippen LogP contribution in [0.2, 0.25) is 0 Å². The zero-order chi connectivity index (χ0) is 12.8. The van der Waals surface area contributed by atoms with Crippen molar-refractivity contribution in [3.8, 4) is 11.5 Å². The molecule has 0 bridgehead atoms. The predicted octanol–water partition coefficient (Wildman–Crippen LogP) is 2.29. The fraction of sp³-hybridized carbons (Fsp3) is 0.500. The van der Waals surface area contributed by atoms with E-state index in [4.69, 9.17) is 9.47 Å². The monoisotopic (exact) mass is 332 g/mol. The smallest absolute Gasteiger partial charge is 0.231 e. The Labute approximate surface area is 114 Å². The predicted molar refractivity (Wildman–Crippen MR) is 71.0 cm³/mol. The molecule has 0 N–H and O–H groups in total. The summed E-state index contributed by atoms with van der Waals surface area (Å²) in [4.78, 5) is 0.0456. The second-order valence-electron chi connectivity index (χ2n) is 4.68. The van der Waals surface area contributed by atoms with Gasteiger partial charge >= 0.3 is 0 Å². The summed E-state index contributed by atoms with van der Waals surface area (Å²) in [6.07, 6.45) is 0.715. The third-order valence-electron chi connectivity index (χ3n) is 3.40. The summed E-state index contributed by atoms with van der Waals surface area (Å²) >= 11 is 3.61. The van der Waals surface area contributed by atoms with Gasteiger partial charge in [-0.05, 0) is 30.0 Å². The van der Waals surface area contributed by atoms with E-state index in [2.05, 4.69) is 15.9 Å². The molecule has 6 heteroatoms. The Hall–Kier alpha value is -0.750. The highest BCUT2D eigenvalue weighted by Gasteiger charge is 2.33. The van der Waals surface area contributed by atoms with Crippen LogP contribution < -0.4 is 9.47 Å². The van der Waals surface area contributed by atoms with Gasteiger partial charge in [0.1, 0.15) is 0 Å². The van der Waals surface area contributed by atoms with Crippen LogP contribution in [-0.2, 0) is 9.84 Å². The fourth-order valence-corrected chi connectivity index (χ4v) is 5.23. The molecule has 1 saturated heterocycles. The Bertz CT molecular complexity index is 569. The number of hydrogen-bond donors (Lipinski definition) is 0. The van der Waals surface area contributed by atoms with E-state index < -0.39 is 9.84 Å². The van der Waals surface area contributed by atoms with Crippen LogP contribution in [-0.4, -0.2) is 26.7 Å². The van der Waals surface area contributed by atoms with E-state index in [9.17, 15) is 8.42 Å². The summed E-state index contributed by atoms with van der Waals surface area (Å²) in [6, 6.07) is 5.75. The van der Waals surface area contributed by atoms with Crippen molar-refractivity contribution in [2.24, 2.45) is 5.92 Å². The summed E-state index contributed by atoms with van der Waals surface area (Å²) in [5.41, 5.74) is 1.04. The van der Waals surface area contributed by atoms with Gasteiger partial charge in [-0.1, -0.05) is 22.0 Å². The molecule has 4 nitrogen and oxygen atoms in total. The van der Waals surface area contributed by atoms with Crippen molar-refractivity contribution in [2.45, 2.75) is 11.2 Å². The molecular weight excluding hydrogens is 320 g/mol. The first kappa shape index (κ1) is 12.3. The Balaban J connectivity index is 1.83. The average Bonchev–Trinajstić information content (AvgIpc) is 2.93. The largest absolute Gasteiger partial charge is 0.454 e. The third-order valence-corrected chi connectivity index (χ3v) is 6.47. The Kier molecular flexibility index (Phi) is 3.02. The van der Waals surface area contributed by atoms with Gasteiger partial charge in [0.15, 0.2) is 21.3 Å². The van der Waals surface area contributed by atoms with Crippen molar-refractivity contribution in [2.75, 3.05) is 18.3 Å². The first-order chi connectivity index (χ1) is 8.55. The minimum atomic E-state index is -2.85. The lowest BCUT2D eigenvalue weighted by Gasteiger charge is -2.16. The van der Waals surface area contributed by atoms with E-state index >= 15 is 0 Å². The number of alkyl halides is 1. The molecule has 98 valence electrons. The highest BCUT2D eigenvalue weighted by atomic mass is 79.9. The molecule has 2 unspecified atom stereocenters. The fourth-order valence-electron chi connectivity index (χ4n) is 2.41. The van der Waals surface area contributed by atoms with E-state index in [1.807, 2.05) is 18.2 Å². The highest BCUT2D eigenvalue weighted by molar-refractivity contribution is 9.09. The van der Waals surface area contributed by atoms with Gasteiger partial charge in [-0.2, -0.15) is 0 Å². The lowest BCUT2D eigenvalue weighted by atomic mass is 9.98. The molecule has 0 aliphatic carbocycles. The maximum absolute atomic E-state index is 11.5. The molecule has 1 aromatic rings. The lowest BCUT2D eigenvalue weighted by Crippen LogP contribution is -2.10. The zero-order valence-corrected chi connectivity index (χ0v) is 12.0. The van der Waals surface area contributed by atoms with Crippen LogP contribution in [0.25, 0.3) is 0 Å². The minimum Gasteiger partial charge on any atom is -0.454 e. The van der Waals surface area contributed by atoms with Crippen LogP contribution in [0, 0.1) is 5.92 Å². The van der Waals surface area contributed by atoms with Gasteiger partial charge in [-0.15, -0.1) is 0 Å². The maximum Gasteiger partial charge on any atom is 0.231 e. The lowest BCUT2D eigenvalue weighted by molar-refractivity contribution is 0.174. The van der Waals surface area contributed by atoms with Crippen LogP contribution in [0.1, 0.15) is 16.8 Å². The van der Waals surface area contributed by atoms with Crippen molar-refractivity contribution in [3.63, 3.8) is 0 Å². The number of hydrogen-bond acceptors (Lipinski definition) is 4. The van der Waals surface area contributed by atoms with Gasteiger partial charge in [0.2, 0.25) is 6.79 Å². The standard InChI is InChI=1S/C12H13BrO4S/c13-12(9-3-4-18(14,15)6-9)8-1-2-10-11(5-8)17-7-16-10/h1-2,5,9,12H,3-4,6-7H2. The van der Waals surface area contributed by atoms with Crippen molar-refractivity contribution in [1.29, 1.82) is 0 Å². The van der Waals surface area contributed by atoms with E-state index in [-0.39, 0.29) is 23.3 Å². The molecule has 0 aromatic heterocycles. The molecule has 2 aliphatic rings. The van der Waals surface area contributed by atoms with E-state index in [0.29, 0.717) is 12.2 Å². The van der Waals surface area contributed by atoms with Gasteiger partial charge in [0.25, 0.3) is 0 Å². The van der Waals surface area contributed by atoms with Crippen LogP contribution in [0.15, 0.2) is 18.2 Å². The second kappa shape index (κ2) is 4.42. The Morgan fingerprint density at radius 1 is 1.28 bits per heavy atom. The van der Waals surface area contributed by atoms with Crippen molar-refractivity contribution in [3.05, 3.63) is 23.8 Å². The molecule has 0 saturated carbocycles. The number of halogens is 1. The van der Waals surface area contributed by atoms with Gasteiger partial charge in [-0.25, -0.2) is 8.42 Å². The van der Waals surface area contributed by atoms with E-state index in [0.717, 1.165) is 17.1 Å². The summed E-state index contributed by atoms with van der Waals surface area (Å²) < 4.78 is 33.6. The Morgan fingerprint density at radius 2 is 2.06 bits per heavy atom. The highest BCUT2D eigenvalue weighted by Crippen LogP contribution is 2.41. The van der Waals surface area contributed by atoms with Gasteiger partial charge < -0.3 is 9.47 Å². The van der Waals surface area contributed by atoms with Gasteiger partial charge in [0.05, 0.1) is 11.5 Å². The first-order valence-corrected chi connectivity index (χ1v) is 8.53. The third kappa shape index (κ3) is 2.23. The van der Waals surface area contributed by atoms with E-state index in [1.165, 1.54) is 0 Å². The summed E-state index contributed by atoms with van der Waals surface area (Å²) in [6.45, 7) is 0.254. The summed E-state index contributed by atoms with van der Waals surface area (Å²) in [5.74, 6) is 2.17. The molecule has 18 heavy (non-hydrogen) atoms. The SMILES string of the molecule is O=S1(=O)CCC(C(Br)c2ccc3c(c2)OCO3)C1. The summed E-state index contributed by atoms with van der Waals surface area (Å²) in [7, 11) is -2.85. The Morgan fingerprint density at radius 3 is 2.78 bits per heavy atom. The molecule has 0 radical (unpaired) electrons. The molecular formula is C12H13BrO4S. The van der Waals surface area contributed by atoms with Crippen molar-refractivity contribution >= 4 is 25.8 Å². The number of fused-ring (bicyclic) bond motifs is 1. The molecule has 2 aliphatic heterocycles. The number of ether oxygens (including phenoxy) is 2. The van der Waals surface area contributed by atoms with Gasteiger partial charge in [-0.3, -0.25) is 0 Å². The number of rotatable bonds is 2. The topological polar surface area (TPSA) is 52.6 Å². The maximum atomic E-state index is 11.5. The first-order valence-electron chi connectivity index (χ1n) is 5.79. The molecule has 2 atom stereocenters. The molecule has 2 heterocycles. The zero-order valence-electron chi connectivity index (χ0n) is 9.63. The minimum absolute atomic E-state index is 0.0456. The normalized spacial score (nSPS) is 26.2. The van der Waals surface area contributed by atoms with Crippen LogP contribution in [0.5, 0.6) is 11.5 Å². The molecule has 0 spiro atoms.